The molecule has 0 amide bonds. The average Bonchev–Trinajstić information content (AvgIpc) is 2.78. The summed E-state index contributed by atoms with van der Waals surface area (Å²) in [5.74, 6) is 0. The van der Waals surface area contributed by atoms with E-state index in [2.05, 4.69) is 44.1 Å². The molecular weight excluding hydrogens is 222 g/mol. The van der Waals surface area contributed by atoms with Gasteiger partial charge in [0.05, 0.1) is 5.69 Å². The molecule has 0 saturated heterocycles. The highest BCUT2D eigenvalue weighted by atomic mass is 15.3. The zero-order chi connectivity index (χ0) is 13.1. The van der Waals surface area contributed by atoms with Crippen molar-refractivity contribution >= 4 is 0 Å². The lowest BCUT2D eigenvalue weighted by Crippen LogP contribution is -2.15. The number of rotatable bonds is 4. The van der Waals surface area contributed by atoms with Gasteiger partial charge in [0.15, 0.2) is 0 Å². The monoisotopic (exact) mass is 243 g/mol. The Morgan fingerprint density at radius 2 is 1.94 bits per heavy atom. The molecule has 1 heterocycles. The van der Waals surface area contributed by atoms with Crippen molar-refractivity contribution in [3.63, 3.8) is 0 Å². The molecule has 1 atom stereocenters. The third kappa shape index (κ3) is 2.79. The van der Waals surface area contributed by atoms with Gasteiger partial charge in [-0.15, -0.1) is 0 Å². The van der Waals surface area contributed by atoms with Gasteiger partial charge < -0.3 is 5.73 Å². The topological polar surface area (TPSA) is 43.8 Å². The largest absolute Gasteiger partial charge is 0.324 e. The Hall–Kier alpha value is -1.61. The van der Waals surface area contributed by atoms with Gasteiger partial charge in [0.25, 0.3) is 0 Å². The maximum Gasteiger partial charge on any atom is 0.0643 e. The van der Waals surface area contributed by atoms with Gasteiger partial charge in [-0.05, 0) is 38.0 Å². The van der Waals surface area contributed by atoms with Crippen molar-refractivity contribution < 1.29 is 0 Å². The van der Waals surface area contributed by atoms with E-state index in [0.717, 1.165) is 12.1 Å². The third-order valence-corrected chi connectivity index (χ3v) is 3.21. The molecule has 1 unspecified atom stereocenters. The van der Waals surface area contributed by atoms with Crippen LogP contribution in [-0.2, 0) is 6.42 Å². The second-order valence-corrected chi connectivity index (χ2v) is 5.05. The minimum absolute atomic E-state index is 0.0155. The summed E-state index contributed by atoms with van der Waals surface area (Å²) < 4.78 is 1.97. The Bertz CT molecular complexity index is 514. The molecule has 0 bridgehead atoms. The van der Waals surface area contributed by atoms with E-state index in [4.69, 9.17) is 5.73 Å². The smallest absolute Gasteiger partial charge is 0.0643 e. The maximum atomic E-state index is 6.26. The van der Waals surface area contributed by atoms with Crippen LogP contribution in [0.2, 0.25) is 0 Å². The number of aryl methyl sites for hydroxylation is 1. The van der Waals surface area contributed by atoms with Crippen molar-refractivity contribution in [3.8, 4) is 0 Å². The Labute approximate surface area is 109 Å². The number of hydrogen-bond acceptors (Lipinski definition) is 2. The van der Waals surface area contributed by atoms with Crippen molar-refractivity contribution in [1.82, 2.24) is 9.78 Å². The van der Waals surface area contributed by atoms with Gasteiger partial charge in [0.2, 0.25) is 0 Å². The Kier molecular flexibility index (Phi) is 3.82. The number of benzene rings is 1. The van der Waals surface area contributed by atoms with Gasteiger partial charge in [-0.25, -0.2) is 0 Å². The van der Waals surface area contributed by atoms with Crippen LogP contribution in [0.15, 0.2) is 36.5 Å². The van der Waals surface area contributed by atoms with E-state index in [1.807, 2.05) is 23.0 Å². The molecule has 1 aromatic heterocycles. The van der Waals surface area contributed by atoms with Crippen molar-refractivity contribution in [2.45, 2.75) is 39.3 Å². The van der Waals surface area contributed by atoms with E-state index < -0.39 is 0 Å². The van der Waals surface area contributed by atoms with Crippen LogP contribution < -0.4 is 5.73 Å². The Balaban J connectivity index is 2.11. The van der Waals surface area contributed by atoms with Crippen LogP contribution in [0, 0.1) is 6.92 Å². The number of hydrogen-bond donors (Lipinski definition) is 1. The lowest BCUT2D eigenvalue weighted by molar-refractivity contribution is 0.522. The van der Waals surface area contributed by atoms with Gasteiger partial charge in [0, 0.05) is 24.7 Å². The van der Waals surface area contributed by atoms with Gasteiger partial charge >= 0.3 is 0 Å². The van der Waals surface area contributed by atoms with E-state index in [9.17, 15) is 0 Å². The fraction of sp³-hybridized carbons (Fsp3) is 0.400. The van der Waals surface area contributed by atoms with Crippen LogP contribution in [0.4, 0.5) is 0 Å². The summed E-state index contributed by atoms with van der Waals surface area (Å²) in [6.45, 7) is 6.35. The van der Waals surface area contributed by atoms with Crippen molar-refractivity contribution in [1.29, 1.82) is 0 Å². The second-order valence-electron chi connectivity index (χ2n) is 5.05. The highest BCUT2D eigenvalue weighted by Crippen LogP contribution is 2.19. The molecule has 0 radical (unpaired) electrons. The molecule has 96 valence electrons. The first-order valence-electron chi connectivity index (χ1n) is 6.43. The first kappa shape index (κ1) is 12.8. The van der Waals surface area contributed by atoms with Gasteiger partial charge in [-0.1, -0.05) is 24.3 Å². The lowest BCUT2D eigenvalue weighted by Gasteiger charge is -2.13. The first-order valence-corrected chi connectivity index (χ1v) is 6.43. The van der Waals surface area contributed by atoms with Crippen LogP contribution in [-0.4, -0.2) is 9.78 Å². The summed E-state index contributed by atoms with van der Waals surface area (Å²) >= 11 is 0. The molecule has 2 aromatic rings. The molecule has 3 nitrogen and oxygen atoms in total. The van der Waals surface area contributed by atoms with Crippen molar-refractivity contribution in [2.75, 3.05) is 0 Å². The van der Waals surface area contributed by atoms with Crippen molar-refractivity contribution in [2.24, 2.45) is 5.73 Å². The molecule has 2 rings (SSSR count). The first-order chi connectivity index (χ1) is 8.58. The molecule has 18 heavy (non-hydrogen) atoms. The minimum atomic E-state index is 0.0155. The summed E-state index contributed by atoms with van der Waals surface area (Å²) in [5.41, 5.74) is 9.77. The van der Waals surface area contributed by atoms with E-state index in [1.165, 1.54) is 11.1 Å². The number of nitrogens with two attached hydrogens (primary N) is 1. The fourth-order valence-corrected chi connectivity index (χ4v) is 2.11. The molecule has 0 fully saturated rings. The fourth-order valence-electron chi connectivity index (χ4n) is 2.11. The maximum absolute atomic E-state index is 6.26. The molecule has 0 aliphatic carbocycles. The van der Waals surface area contributed by atoms with E-state index >= 15 is 0 Å². The molecule has 0 spiro atoms. The highest BCUT2D eigenvalue weighted by molar-refractivity contribution is 5.29. The standard InChI is InChI=1S/C15H21N3/c1-11(2)18-9-8-13(17-18)10-15(16)14-7-5-4-6-12(14)3/h4-9,11,15H,10,16H2,1-3H3. The zero-order valence-electron chi connectivity index (χ0n) is 11.3. The third-order valence-electron chi connectivity index (χ3n) is 3.21. The molecule has 3 heteroatoms. The van der Waals surface area contributed by atoms with Gasteiger partial charge in [0.1, 0.15) is 0 Å². The summed E-state index contributed by atoms with van der Waals surface area (Å²) in [7, 11) is 0. The summed E-state index contributed by atoms with van der Waals surface area (Å²) in [4.78, 5) is 0. The predicted octanol–water partition coefficient (Wildman–Crippen LogP) is 3.01. The summed E-state index contributed by atoms with van der Waals surface area (Å²) in [6.07, 6.45) is 2.80. The molecule has 0 aliphatic heterocycles. The van der Waals surface area contributed by atoms with Crippen molar-refractivity contribution in [3.05, 3.63) is 53.3 Å². The molecule has 0 aliphatic rings. The van der Waals surface area contributed by atoms with Crippen LogP contribution in [0.5, 0.6) is 0 Å². The normalized spacial score (nSPS) is 12.9. The number of nitrogens with zero attached hydrogens (tertiary/aromatic N) is 2. The molecular formula is C15H21N3. The SMILES string of the molecule is Cc1ccccc1C(N)Cc1ccn(C(C)C)n1. The zero-order valence-corrected chi connectivity index (χ0v) is 11.3. The van der Waals surface area contributed by atoms with E-state index in [0.29, 0.717) is 6.04 Å². The van der Waals surface area contributed by atoms with Gasteiger partial charge in [-0.2, -0.15) is 5.10 Å². The summed E-state index contributed by atoms with van der Waals surface area (Å²) in [5, 5.41) is 4.54. The number of aromatic nitrogens is 2. The van der Waals surface area contributed by atoms with Crippen LogP contribution in [0.3, 0.4) is 0 Å². The second kappa shape index (κ2) is 5.36. The Morgan fingerprint density at radius 1 is 1.22 bits per heavy atom. The highest BCUT2D eigenvalue weighted by Gasteiger charge is 2.11. The van der Waals surface area contributed by atoms with E-state index in [-0.39, 0.29) is 6.04 Å². The van der Waals surface area contributed by atoms with Gasteiger partial charge in [-0.3, -0.25) is 4.68 Å². The van der Waals surface area contributed by atoms with Crippen LogP contribution in [0.1, 0.15) is 42.8 Å². The van der Waals surface area contributed by atoms with Crippen LogP contribution >= 0.6 is 0 Å². The van der Waals surface area contributed by atoms with Crippen LogP contribution in [0.25, 0.3) is 0 Å². The quantitative estimate of drug-likeness (QED) is 0.897. The minimum Gasteiger partial charge on any atom is -0.324 e. The molecule has 0 saturated carbocycles. The molecule has 1 aromatic carbocycles. The molecule has 2 N–H and O–H groups in total. The van der Waals surface area contributed by atoms with E-state index in [1.54, 1.807) is 0 Å². The summed E-state index contributed by atoms with van der Waals surface area (Å²) in [6, 6.07) is 10.7. The predicted molar refractivity (Wildman–Crippen MR) is 74.4 cm³/mol. The average molecular weight is 243 g/mol. The Morgan fingerprint density at radius 3 is 2.56 bits per heavy atom. The lowest BCUT2D eigenvalue weighted by atomic mass is 9.98.